The predicted molar refractivity (Wildman–Crippen MR) is 87.2 cm³/mol. The van der Waals surface area contributed by atoms with Gasteiger partial charge in [0.05, 0.1) is 0 Å². The van der Waals surface area contributed by atoms with Crippen molar-refractivity contribution < 1.29 is 10.2 Å². The fourth-order valence-electron chi connectivity index (χ4n) is 2.70. The second-order valence-corrected chi connectivity index (χ2v) is 6.01. The number of aliphatic hydroxyl groups excluding tert-OH is 2. The first-order chi connectivity index (χ1) is 10.3. The summed E-state index contributed by atoms with van der Waals surface area (Å²) in [5, 5.41) is 19.9. The molecule has 0 saturated heterocycles. The van der Waals surface area contributed by atoms with Gasteiger partial charge in [-0.1, -0.05) is 18.2 Å². The van der Waals surface area contributed by atoms with Gasteiger partial charge in [0, 0.05) is 33.4 Å². The van der Waals surface area contributed by atoms with Crippen molar-refractivity contribution in [3.05, 3.63) is 57.7 Å². The molecule has 0 aliphatic heterocycles. The van der Waals surface area contributed by atoms with E-state index in [0.29, 0.717) is 18.2 Å². The van der Waals surface area contributed by atoms with E-state index in [1.54, 1.807) is 11.3 Å². The third kappa shape index (κ3) is 2.46. The molecule has 3 aromatic rings. The monoisotopic (exact) mass is 300 g/mol. The molecule has 3 rings (SSSR count). The van der Waals surface area contributed by atoms with Crippen LogP contribution >= 0.6 is 11.3 Å². The summed E-state index contributed by atoms with van der Waals surface area (Å²) in [6.45, 7) is 0.0949. The minimum Gasteiger partial charge on any atom is -0.396 e. The molecular formula is C17H16O3S. The third-order valence-corrected chi connectivity index (χ3v) is 4.94. The van der Waals surface area contributed by atoms with Gasteiger partial charge in [0.1, 0.15) is 0 Å². The van der Waals surface area contributed by atoms with Crippen LogP contribution in [0.25, 0.3) is 20.2 Å². The average Bonchev–Trinajstić information content (AvgIpc) is 2.50. The van der Waals surface area contributed by atoms with Crippen LogP contribution < -0.4 is 5.43 Å². The van der Waals surface area contributed by atoms with Gasteiger partial charge in [0.15, 0.2) is 5.43 Å². The molecule has 0 saturated carbocycles. The highest BCUT2D eigenvalue weighted by Crippen LogP contribution is 2.30. The van der Waals surface area contributed by atoms with Gasteiger partial charge in [0.2, 0.25) is 0 Å². The van der Waals surface area contributed by atoms with Crippen molar-refractivity contribution in [2.75, 3.05) is 13.2 Å². The molecule has 0 aliphatic carbocycles. The van der Waals surface area contributed by atoms with Crippen molar-refractivity contribution >= 4 is 31.5 Å². The van der Waals surface area contributed by atoms with Crippen molar-refractivity contribution in [2.45, 2.75) is 12.8 Å². The van der Waals surface area contributed by atoms with Crippen LogP contribution in [0.3, 0.4) is 0 Å². The zero-order chi connectivity index (χ0) is 14.8. The molecule has 2 N–H and O–H groups in total. The highest BCUT2D eigenvalue weighted by Gasteiger charge is 2.12. The quantitative estimate of drug-likeness (QED) is 0.728. The minimum absolute atomic E-state index is 0.0330. The summed E-state index contributed by atoms with van der Waals surface area (Å²) in [4.78, 5) is 12.6. The Morgan fingerprint density at radius 1 is 0.905 bits per heavy atom. The SMILES string of the molecule is O=c1c2ccccc2sc2c(CCO)c(CCO)ccc12. The van der Waals surface area contributed by atoms with E-state index in [1.165, 1.54) is 0 Å². The Balaban J connectivity index is 2.41. The maximum Gasteiger partial charge on any atom is 0.195 e. The summed E-state index contributed by atoms with van der Waals surface area (Å²) >= 11 is 1.58. The molecule has 0 radical (unpaired) electrons. The first-order valence-electron chi connectivity index (χ1n) is 6.94. The standard InChI is InChI=1S/C17H16O3S/c18-9-7-11-5-6-14-16(20)13-3-1-2-4-15(13)21-17(14)12(11)8-10-19/h1-6,18-19H,7-10H2. The van der Waals surface area contributed by atoms with Crippen molar-refractivity contribution in [3.8, 4) is 0 Å². The molecule has 0 aliphatic rings. The van der Waals surface area contributed by atoms with Crippen molar-refractivity contribution in [3.63, 3.8) is 0 Å². The lowest BCUT2D eigenvalue weighted by atomic mass is 9.99. The molecule has 0 fully saturated rings. The van der Waals surface area contributed by atoms with Crippen LogP contribution in [0.4, 0.5) is 0 Å². The molecule has 108 valence electrons. The zero-order valence-electron chi connectivity index (χ0n) is 11.5. The summed E-state index contributed by atoms with van der Waals surface area (Å²) < 4.78 is 1.88. The van der Waals surface area contributed by atoms with E-state index < -0.39 is 0 Å². The minimum atomic E-state index is 0.0330. The summed E-state index contributed by atoms with van der Waals surface area (Å²) in [6, 6.07) is 11.3. The van der Waals surface area contributed by atoms with E-state index in [0.717, 1.165) is 25.9 Å². The summed E-state index contributed by atoms with van der Waals surface area (Å²) in [5.41, 5.74) is 2.02. The number of benzene rings is 2. The van der Waals surface area contributed by atoms with Gasteiger partial charge < -0.3 is 10.2 Å². The van der Waals surface area contributed by atoms with Gasteiger partial charge in [-0.3, -0.25) is 4.79 Å². The maximum absolute atomic E-state index is 12.6. The lowest BCUT2D eigenvalue weighted by molar-refractivity contribution is 0.293. The number of aliphatic hydroxyl groups is 2. The predicted octanol–water partition coefficient (Wildman–Crippen LogP) is 2.48. The zero-order valence-corrected chi connectivity index (χ0v) is 12.3. The Hall–Kier alpha value is -1.75. The van der Waals surface area contributed by atoms with Crippen LogP contribution in [0.1, 0.15) is 11.1 Å². The number of fused-ring (bicyclic) bond motifs is 2. The second-order valence-electron chi connectivity index (χ2n) is 4.95. The molecule has 1 heterocycles. The van der Waals surface area contributed by atoms with Gasteiger partial charge in [-0.2, -0.15) is 0 Å². The third-order valence-electron chi connectivity index (χ3n) is 3.69. The molecule has 1 aromatic heterocycles. The molecule has 0 unspecified atom stereocenters. The molecule has 0 spiro atoms. The van der Waals surface area contributed by atoms with Gasteiger partial charge >= 0.3 is 0 Å². The molecule has 0 atom stereocenters. The highest BCUT2D eigenvalue weighted by molar-refractivity contribution is 7.24. The fourth-order valence-corrected chi connectivity index (χ4v) is 3.97. The first-order valence-corrected chi connectivity index (χ1v) is 7.76. The van der Waals surface area contributed by atoms with Crippen molar-refractivity contribution in [2.24, 2.45) is 0 Å². The van der Waals surface area contributed by atoms with Crippen LogP contribution in [-0.2, 0) is 12.8 Å². The number of rotatable bonds is 4. The van der Waals surface area contributed by atoms with E-state index >= 15 is 0 Å². The van der Waals surface area contributed by atoms with Crippen LogP contribution in [0.5, 0.6) is 0 Å². The van der Waals surface area contributed by atoms with Gasteiger partial charge in [-0.15, -0.1) is 11.3 Å². The summed E-state index contributed by atoms with van der Waals surface area (Å²) in [7, 11) is 0. The molecular weight excluding hydrogens is 284 g/mol. The fraction of sp³-hybridized carbons (Fsp3) is 0.235. The van der Waals surface area contributed by atoms with E-state index in [2.05, 4.69) is 0 Å². The molecule has 21 heavy (non-hydrogen) atoms. The Bertz CT molecular complexity index is 852. The maximum atomic E-state index is 12.6. The number of hydrogen-bond acceptors (Lipinski definition) is 4. The van der Waals surface area contributed by atoms with E-state index in [-0.39, 0.29) is 18.6 Å². The van der Waals surface area contributed by atoms with Crippen LogP contribution in [-0.4, -0.2) is 23.4 Å². The van der Waals surface area contributed by atoms with Crippen LogP contribution in [0.15, 0.2) is 41.2 Å². The first kappa shape index (κ1) is 14.2. The molecule has 4 heteroatoms. The van der Waals surface area contributed by atoms with Gasteiger partial charge in [0.25, 0.3) is 0 Å². The Labute approximate surface area is 126 Å². The van der Waals surface area contributed by atoms with E-state index in [1.807, 2.05) is 36.4 Å². The summed E-state index contributed by atoms with van der Waals surface area (Å²) in [6.07, 6.45) is 1.04. The van der Waals surface area contributed by atoms with Crippen LogP contribution in [0, 0.1) is 0 Å². The Morgan fingerprint density at radius 2 is 1.67 bits per heavy atom. The second kappa shape index (κ2) is 5.93. The van der Waals surface area contributed by atoms with Gasteiger partial charge in [-0.05, 0) is 42.2 Å². The lowest BCUT2D eigenvalue weighted by Gasteiger charge is -2.11. The molecule has 2 aromatic carbocycles. The smallest absolute Gasteiger partial charge is 0.195 e. The van der Waals surface area contributed by atoms with E-state index in [9.17, 15) is 15.0 Å². The number of hydrogen-bond donors (Lipinski definition) is 2. The average molecular weight is 300 g/mol. The summed E-state index contributed by atoms with van der Waals surface area (Å²) in [5.74, 6) is 0. The molecule has 3 nitrogen and oxygen atoms in total. The van der Waals surface area contributed by atoms with Crippen molar-refractivity contribution in [1.29, 1.82) is 0 Å². The largest absolute Gasteiger partial charge is 0.396 e. The van der Waals surface area contributed by atoms with Crippen molar-refractivity contribution in [1.82, 2.24) is 0 Å². The van der Waals surface area contributed by atoms with Crippen LogP contribution in [0.2, 0.25) is 0 Å². The Morgan fingerprint density at radius 3 is 2.43 bits per heavy atom. The molecule has 0 amide bonds. The Kier molecular flexibility index (Phi) is 4.01. The lowest BCUT2D eigenvalue weighted by Crippen LogP contribution is -2.06. The van der Waals surface area contributed by atoms with E-state index in [4.69, 9.17) is 0 Å². The topological polar surface area (TPSA) is 57.5 Å². The van der Waals surface area contributed by atoms with Gasteiger partial charge in [-0.25, -0.2) is 0 Å². The molecule has 0 bridgehead atoms. The highest BCUT2D eigenvalue weighted by atomic mass is 32.1. The normalized spacial score (nSPS) is 11.3.